The molecule has 0 aromatic heterocycles. The zero-order valence-corrected chi connectivity index (χ0v) is 7.21. The lowest BCUT2D eigenvalue weighted by molar-refractivity contribution is -0.305. The first-order valence-electron chi connectivity index (χ1n) is 4.42. The standard InChI is InChI=1S/C8H16N2O2/c11-8(12)2-1-5-10-6-3-9-4-7-10/h9H,1-7H2,(H,11,12)/p-1. The first kappa shape index (κ1) is 9.48. The van der Waals surface area contributed by atoms with Crippen molar-refractivity contribution in [2.24, 2.45) is 0 Å². The van der Waals surface area contributed by atoms with E-state index in [1.54, 1.807) is 0 Å². The topological polar surface area (TPSA) is 55.4 Å². The van der Waals surface area contributed by atoms with Gasteiger partial charge in [-0.2, -0.15) is 0 Å². The second-order valence-corrected chi connectivity index (χ2v) is 3.07. The van der Waals surface area contributed by atoms with Crippen molar-refractivity contribution in [1.29, 1.82) is 0 Å². The molecule has 1 saturated heterocycles. The zero-order chi connectivity index (χ0) is 8.81. The average Bonchev–Trinajstić information content (AvgIpc) is 2.05. The quantitative estimate of drug-likeness (QED) is 0.555. The Kier molecular flexibility index (Phi) is 4.04. The molecular weight excluding hydrogens is 156 g/mol. The van der Waals surface area contributed by atoms with Gasteiger partial charge in [-0.1, -0.05) is 0 Å². The van der Waals surface area contributed by atoms with Crippen LogP contribution in [-0.2, 0) is 4.79 Å². The summed E-state index contributed by atoms with van der Waals surface area (Å²) in [5.41, 5.74) is 0. The number of nitrogens with zero attached hydrogens (tertiary/aromatic N) is 1. The molecule has 0 radical (unpaired) electrons. The predicted octanol–water partition coefficient (Wildman–Crippen LogP) is -1.58. The second kappa shape index (κ2) is 5.11. The Morgan fingerprint density at radius 2 is 2.08 bits per heavy atom. The van der Waals surface area contributed by atoms with Crippen molar-refractivity contribution in [3.63, 3.8) is 0 Å². The number of piperazine rings is 1. The molecular formula is C8H15N2O2-. The maximum absolute atomic E-state index is 10.1. The minimum atomic E-state index is -0.940. The van der Waals surface area contributed by atoms with Crippen molar-refractivity contribution in [3.8, 4) is 0 Å². The maximum Gasteiger partial charge on any atom is 0.0414 e. The lowest BCUT2D eigenvalue weighted by Gasteiger charge is -2.27. The SMILES string of the molecule is O=C([O-])CCCN1CCNCC1. The molecule has 1 heterocycles. The van der Waals surface area contributed by atoms with Gasteiger partial charge in [-0.15, -0.1) is 0 Å². The van der Waals surface area contributed by atoms with Crippen molar-refractivity contribution in [2.75, 3.05) is 32.7 Å². The Balaban J connectivity index is 2.01. The van der Waals surface area contributed by atoms with Crippen LogP contribution < -0.4 is 10.4 Å². The van der Waals surface area contributed by atoms with Gasteiger partial charge in [-0.05, 0) is 19.4 Å². The minimum absolute atomic E-state index is 0.184. The molecule has 0 aromatic carbocycles. The summed E-state index contributed by atoms with van der Waals surface area (Å²) < 4.78 is 0. The summed E-state index contributed by atoms with van der Waals surface area (Å²) in [6, 6.07) is 0. The van der Waals surface area contributed by atoms with E-state index in [2.05, 4.69) is 10.2 Å². The van der Waals surface area contributed by atoms with Crippen molar-refractivity contribution in [3.05, 3.63) is 0 Å². The number of carboxylic acids is 1. The van der Waals surface area contributed by atoms with Gasteiger partial charge in [-0.25, -0.2) is 0 Å². The number of rotatable bonds is 4. The minimum Gasteiger partial charge on any atom is -0.550 e. The lowest BCUT2D eigenvalue weighted by atomic mass is 10.2. The summed E-state index contributed by atoms with van der Waals surface area (Å²) >= 11 is 0. The van der Waals surface area contributed by atoms with Crippen LogP contribution in [-0.4, -0.2) is 43.6 Å². The van der Waals surface area contributed by atoms with Gasteiger partial charge in [0.2, 0.25) is 0 Å². The number of carbonyl (C=O) groups is 1. The number of nitrogens with one attached hydrogen (secondary N) is 1. The molecule has 12 heavy (non-hydrogen) atoms. The first-order valence-corrected chi connectivity index (χ1v) is 4.42. The summed E-state index contributed by atoms with van der Waals surface area (Å²) in [5, 5.41) is 13.3. The number of carboxylic acid groups (broad SMARTS) is 1. The summed E-state index contributed by atoms with van der Waals surface area (Å²) in [6.45, 7) is 4.99. The van der Waals surface area contributed by atoms with Crippen molar-refractivity contribution >= 4 is 5.97 Å². The third kappa shape index (κ3) is 3.69. The first-order chi connectivity index (χ1) is 5.79. The van der Waals surface area contributed by atoms with E-state index in [-0.39, 0.29) is 6.42 Å². The van der Waals surface area contributed by atoms with E-state index in [1.807, 2.05) is 0 Å². The van der Waals surface area contributed by atoms with E-state index >= 15 is 0 Å². The van der Waals surface area contributed by atoms with E-state index in [1.165, 1.54) is 0 Å². The van der Waals surface area contributed by atoms with E-state index in [4.69, 9.17) is 0 Å². The van der Waals surface area contributed by atoms with Crippen LogP contribution in [0.1, 0.15) is 12.8 Å². The van der Waals surface area contributed by atoms with Gasteiger partial charge >= 0.3 is 0 Å². The molecule has 0 spiro atoms. The number of hydrogen-bond donors (Lipinski definition) is 1. The Morgan fingerprint density at radius 3 is 2.67 bits per heavy atom. The second-order valence-electron chi connectivity index (χ2n) is 3.07. The third-order valence-corrected chi connectivity index (χ3v) is 2.06. The highest BCUT2D eigenvalue weighted by atomic mass is 16.4. The molecule has 4 nitrogen and oxygen atoms in total. The van der Waals surface area contributed by atoms with E-state index in [9.17, 15) is 9.90 Å². The normalized spacial score (nSPS) is 19.3. The molecule has 0 aromatic rings. The third-order valence-electron chi connectivity index (χ3n) is 2.06. The van der Waals surface area contributed by atoms with Gasteiger partial charge in [0.25, 0.3) is 0 Å². The van der Waals surface area contributed by atoms with Gasteiger partial charge in [0, 0.05) is 32.1 Å². The van der Waals surface area contributed by atoms with Crippen LogP contribution in [0.3, 0.4) is 0 Å². The highest BCUT2D eigenvalue weighted by molar-refractivity contribution is 5.64. The fourth-order valence-corrected chi connectivity index (χ4v) is 1.38. The molecule has 0 atom stereocenters. The smallest absolute Gasteiger partial charge is 0.0414 e. The van der Waals surface area contributed by atoms with Gasteiger partial charge < -0.3 is 20.1 Å². The molecule has 1 rings (SSSR count). The van der Waals surface area contributed by atoms with Crippen LogP contribution in [0.15, 0.2) is 0 Å². The monoisotopic (exact) mass is 171 g/mol. The van der Waals surface area contributed by atoms with E-state index in [0.29, 0.717) is 6.42 Å². The molecule has 1 aliphatic heterocycles. The molecule has 0 amide bonds. The van der Waals surface area contributed by atoms with Gasteiger partial charge in [0.05, 0.1) is 0 Å². The van der Waals surface area contributed by atoms with Gasteiger partial charge in [0.15, 0.2) is 0 Å². The predicted molar refractivity (Wildman–Crippen MR) is 43.6 cm³/mol. The average molecular weight is 171 g/mol. The summed E-state index contributed by atoms with van der Waals surface area (Å²) in [4.78, 5) is 12.4. The molecule has 0 unspecified atom stereocenters. The molecule has 1 aliphatic rings. The van der Waals surface area contributed by atoms with Crippen LogP contribution >= 0.6 is 0 Å². The molecule has 1 fully saturated rings. The summed E-state index contributed by atoms with van der Waals surface area (Å²) in [7, 11) is 0. The Bertz CT molecular complexity index is 144. The Hall–Kier alpha value is -0.610. The lowest BCUT2D eigenvalue weighted by Crippen LogP contribution is -2.43. The molecule has 70 valence electrons. The van der Waals surface area contributed by atoms with Crippen LogP contribution in [0.25, 0.3) is 0 Å². The molecule has 0 bridgehead atoms. The zero-order valence-electron chi connectivity index (χ0n) is 7.21. The van der Waals surface area contributed by atoms with Gasteiger partial charge in [0.1, 0.15) is 0 Å². The van der Waals surface area contributed by atoms with Crippen molar-refractivity contribution in [2.45, 2.75) is 12.8 Å². The molecule has 4 heteroatoms. The molecule has 1 N–H and O–H groups in total. The van der Waals surface area contributed by atoms with Crippen LogP contribution in [0.4, 0.5) is 0 Å². The highest BCUT2D eigenvalue weighted by Gasteiger charge is 2.07. The number of aliphatic carboxylic acids is 1. The molecule has 0 aliphatic carbocycles. The Morgan fingerprint density at radius 1 is 1.42 bits per heavy atom. The largest absolute Gasteiger partial charge is 0.550 e. The highest BCUT2D eigenvalue weighted by Crippen LogP contribution is 1.96. The van der Waals surface area contributed by atoms with Crippen LogP contribution in [0, 0.1) is 0 Å². The summed E-state index contributed by atoms with van der Waals surface area (Å²) in [6.07, 6.45) is 0.895. The Labute approximate surface area is 72.6 Å². The molecule has 0 saturated carbocycles. The fraction of sp³-hybridized carbons (Fsp3) is 0.875. The van der Waals surface area contributed by atoms with E-state index in [0.717, 1.165) is 32.7 Å². The van der Waals surface area contributed by atoms with Crippen LogP contribution in [0.2, 0.25) is 0 Å². The van der Waals surface area contributed by atoms with Crippen molar-refractivity contribution in [1.82, 2.24) is 10.2 Å². The number of carbonyl (C=O) groups excluding carboxylic acids is 1. The summed E-state index contributed by atoms with van der Waals surface area (Å²) in [5.74, 6) is -0.940. The van der Waals surface area contributed by atoms with Crippen molar-refractivity contribution < 1.29 is 9.90 Å². The fourth-order valence-electron chi connectivity index (χ4n) is 1.38. The number of hydrogen-bond acceptors (Lipinski definition) is 4. The maximum atomic E-state index is 10.1. The van der Waals surface area contributed by atoms with Gasteiger partial charge in [-0.3, -0.25) is 0 Å². The van der Waals surface area contributed by atoms with E-state index < -0.39 is 5.97 Å². The van der Waals surface area contributed by atoms with Crippen LogP contribution in [0.5, 0.6) is 0 Å².